The lowest BCUT2D eigenvalue weighted by atomic mass is 10.2. The number of carbonyl (C=O) groups excluding carboxylic acids is 2. The summed E-state index contributed by atoms with van der Waals surface area (Å²) in [5.41, 5.74) is 1.31. The van der Waals surface area contributed by atoms with Crippen molar-refractivity contribution in [3.8, 4) is 0 Å². The Bertz CT molecular complexity index is 1080. The largest absolute Gasteiger partial charge is 0.464 e. The molecule has 3 rings (SSSR count). The van der Waals surface area contributed by atoms with E-state index in [1.54, 1.807) is 18.4 Å². The Kier molecular flexibility index (Phi) is 4.18. The molecular weight excluding hydrogens is 342 g/mol. The van der Waals surface area contributed by atoms with Crippen molar-refractivity contribution in [1.29, 1.82) is 0 Å². The second-order valence-corrected chi connectivity index (χ2v) is 7.27. The van der Waals surface area contributed by atoms with Crippen LogP contribution >= 0.6 is 0 Å². The lowest BCUT2D eigenvalue weighted by Crippen LogP contribution is -2.19. The van der Waals surface area contributed by atoms with Crippen LogP contribution in [0.1, 0.15) is 21.6 Å². The maximum atomic E-state index is 13.1. The zero-order valence-electron chi connectivity index (χ0n) is 13.5. The topological polar surface area (TPSA) is 82.4 Å². The van der Waals surface area contributed by atoms with Gasteiger partial charge < -0.3 is 4.74 Å². The Labute approximate surface area is 144 Å². The number of aromatic nitrogens is 1. The molecule has 127 valence electrons. The van der Waals surface area contributed by atoms with E-state index in [0.717, 1.165) is 9.54 Å². The molecule has 0 aliphatic heterocycles. The highest BCUT2D eigenvalue weighted by Gasteiger charge is 2.27. The summed E-state index contributed by atoms with van der Waals surface area (Å²) in [4.78, 5) is 23.0. The molecule has 0 unspecified atom stereocenters. The maximum Gasteiger partial charge on any atom is 0.355 e. The van der Waals surface area contributed by atoms with E-state index in [0.29, 0.717) is 5.39 Å². The van der Waals surface area contributed by atoms with E-state index in [9.17, 15) is 18.0 Å². The number of hydrogen-bond acceptors (Lipinski definition) is 5. The minimum absolute atomic E-state index is 0.0479. The average molecular weight is 356 g/mol. The third kappa shape index (κ3) is 2.83. The third-order valence-electron chi connectivity index (χ3n) is 3.83. The van der Waals surface area contributed by atoms with Gasteiger partial charge >= 0.3 is 5.97 Å². The molecule has 0 aliphatic carbocycles. The Balaban J connectivity index is 2.34. The zero-order valence-corrected chi connectivity index (χ0v) is 14.3. The fraction of sp³-hybridized carbons (Fsp3) is 0.111. The van der Waals surface area contributed by atoms with E-state index >= 15 is 0 Å². The second-order valence-electron chi connectivity index (χ2n) is 5.48. The first kappa shape index (κ1) is 16.9. The highest BCUT2D eigenvalue weighted by atomic mass is 32.2. The molecule has 0 spiro atoms. The highest BCUT2D eigenvalue weighted by molar-refractivity contribution is 7.90. The fourth-order valence-corrected chi connectivity index (χ4v) is 4.08. The van der Waals surface area contributed by atoms with Gasteiger partial charge in [0.1, 0.15) is 5.69 Å². The number of aryl methyl sites for hydroxylation is 1. The molecule has 1 radical (unpaired) electrons. The summed E-state index contributed by atoms with van der Waals surface area (Å²) in [7, 11) is -2.85. The minimum atomic E-state index is -4.03. The lowest BCUT2D eigenvalue weighted by molar-refractivity contribution is 0.0593. The Hall–Kier alpha value is -2.93. The number of carbonyl (C=O) groups is 1. The van der Waals surface area contributed by atoms with Gasteiger partial charge in [0.2, 0.25) is 6.29 Å². The van der Waals surface area contributed by atoms with E-state index in [-0.39, 0.29) is 21.7 Å². The number of benzene rings is 2. The molecule has 0 amide bonds. The van der Waals surface area contributed by atoms with Crippen LogP contribution in [0.25, 0.3) is 10.9 Å². The summed E-state index contributed by atoms with van der Waals surface area (Å²) in [5.74, 6) is -0.788. The van der Waals surface area contributed by atoms with Gasteiger partial charge in [0.25, 0.3) is 10.0 Å². The quantitative estimate of drug-likeness (QED) is 0.671. The van der Waals surface area contributed by atoms with E-state index in [1.165, 1.54) is 43.5 Å². The Morgan fingerprint density at radius 1 is 1.08 bits per heavy atom. The minimum Gasteiger partial charge on any atom is -0.464 e. The van der Waals surface area contributed by atoms with E-state index in [4.69, 9.17) is 4.74 Å². The molecule has 6 nitrogen and oxygen atoms in total. The van der Waals surface area contributed by atoms with Crippen LogP contribution in [-0.2, 0) is 19.6 Å². The summed E-state index contributed by atoms with van der Waals surface area (Å²) < 4.78 is 31.8. The van der Waals surface area contributed by atoms with Crippen LogP contribution in [0.3, 0.4) is 0 Å². The summed E-state index contributed by atoms with van der Waals surface area (Å²) in [5, 5.41) is 0.428. The molecule has 1 aromatic heterocycles. The monoisotopic (exact) mass is 356 g/mol. The van der Waals surface area contributed by atoms with Gasteiger partial charge in [0.15, 0.2) is 0 Å². The normalized spacial score (nSPS) is 11.4. The second kappa shape index (κ2) is 6.18. The Morgan fingerprint density at radius 2 is 1.76 bits per heavy atom. The fourth-order valence-electron chi connectivity index (χ4n) is 2.58. The molecule has 0 aliphatic rings. The molecule has 7 heteroatoms. The predicted molar refractivity (Wildman–Crippen MR) is 91.8 cm³/mol. The molecule has 2 aromatic carbocycles. The molecule has 0 atom stereocenters. The van der Waals surface area contributed by atoms with Crippen LogP contribution in [-0.4, -0.2) is 31.8 Å². The first-order valence-electron chi connectivity index (χ1n) is 7.32. The maximum absolute atomic E-state index is 13.1. The Morgan fingerprint density at radius 3 is 2.36 bits per heavy atom. The van der Waals surface area contributed by atoms with Crippen molar-refractivity contribution in [2.45, 2.75) is 11.8 Å². The molecule has 0 bridgehead atoms. The van der Waals surface area contributed by atoms with Crippen molar-refractivity contribution >= 4 is 33.2 Å². The molecule has 0 saturated carbocycles. The number of nitrogens with zero attached hydrogens (tertiary/aromatic N) is 1. The number of esters is 1. The van der Waals surface area contributed by atoms with Gasteiger partial charge in [0, 0.05) is 10.9 Å². The number of ether oxygens (including phenoxy) is 1. The van der Waals surface area contributed by atoms with E-state index in [1.807, 2.05) is 6.92 Å². The standard InChI is InChI=1S/C18H14NO5S/c1-12-3-6-15(7-4-12)25(22,23)19-16-8-5-13(11-20)9-14(16)10-17(19)18(21)24-2/h3-10H,1-2H3. The van der Waals surface area contributed by atoms with Gasteiger partial charge in [-0.05, 0) is 43.3 Å². The molecule has 0 saturated heterocycles. The lowest BCUT2D eigenvalue weighted by Gasteiger charge is -2.11. The SMILES string of the molecule is COC(=O)c1cc2cc([C]=O)ccc2n1S(=O)(=O)c1ccc(C)cc1. The van der Waals surface area contributed by atoms with Crippen molar-refractivity contribution in [2.75, 3.05) is 7.11 Å². The van der Waals surface area contributed by atoms with Crippen molar-refractivity contribution in [2.24, 2.45) is 0 Å². The van der Waals surface area contributed by atoms with Crippen LogP contribution in [0.15, 0.2) is 53.4 Å². The number of rotatable bonds is 4. The summed E-state index contributed by atoms with van der Waals surface area (Å²) in [6.45, 7) is 1.85. The predicted octanol–water partition coefficient (Wildman–Crippen LogP) is 2.43. The first-order chi connectivity index (χ1) is 11.9. The van der Waals surface area contributed by atoms with Crippen LogP contribution in [0.2, 0.25) is 0 Å². The molecule has 25 heavy (non-hydrogen) atoms. The number of hydrogen-bond donors (Lipinski definition) is 0. The van der Waals surface area contributed by atoms with Crippen LogP contribution < -0.4 is 0 Å². The van der Waals surface area contributed by atoms with Gasteiger partial charge in [-0.3, -0.25) is 4.79 Å². The van der Waals surface area contributed by atoms with Gasteiger partial charge in [-0.1, -0.05) is 17.7 Å². The highest BCUT2D eigenvalue weighted by Crippen LogP contribution is 2.27. The van der Waals surface area contributed by atoms with Gasteiger partial charge in [-0.15, -0.1) is 0 Å². The zero-order chi connectivity index (χ0) is 18.2. The summed E-state index contributed by atoms with van der Waals surface area (Å²) in [6.07, 6.45) is 1.74. The molecular formula is C18H14NO5S. The van der Waals surface area contributed by atoms with E-state index < -0.39 is 16.0 Å². The van der Waals surface area contributed by atoms with Gasteiger partial charge in [-0.2, -0.15) is 0 Å². The molecule has 1 heterocycles. The number of fused-ring (bicyclic) bond motifs is 1. The van der Waals surface area contributed by atoms with Gasteiger partial charge in [0.05, 0.1) is 17.5 Å². The van der Waals surface area contributed by atoms with Gasteiger partial charge in [-0.25, -0.2) is 17.2 Å². The smallest absolute Gasteiger partial charge is 0.355 e. The third-order valence-corrected chi connectivity index (χ3v) is 5.57. The molecule has 0 fully saturated rings. The van der Waals surface area contributed by atoms with E-state index in [2.05, 4.69) is 0 Å². The first-order valence-corrected chi connectivity index (χ1v) is 8.76. The van der Waals surface area contributed by atoms with Crippen molar-refractivity contribution in [3.05, 3.63) is 65.4 Å². The molecule has 3 aromatic rings. The van der Waals surface area contributed by atoms with Crippen molar-refractivity contribution in [3.63, 3.8) is 0 Å². The van der Waals surface area contributed by atoms with Crippen molar-refractivity contribution < 1.29 is 22.7 Å². The average Bonchev–Trinajstić information content (AvgIpc) is 3.00. The molecule has 0 N–H and O–H groups in total. The number of methoxy groups -OCH3 is 1. The van der Waals surface area contributed by atoms with Crippen LogP contribution in [0.5, 0.6) is 0 Å². The van der Waals surface area contributed by atoms with Crippen LogP contribution in [0, 0.1) is 6.92 Å². The van der Waals surface area contributed by atoms with Crippen LogP contribution in [0.4, 0.5) is 0 Å². The van der Waals surface area contributed by atoms with Crippen molar-refractivity contribution in [1.82, 2.24) is 3.97 Å². The summed E-state index contributed by atoms with van der Waals surface area (Å²) in [6, 6.07) is 12.1. The summed E-state index contributed by atoms with van der Waals surface area (Å²) >= 11 is 0.